The van der Waals surface area contributed by atoms with E-state index >= 15 is 0 Å². The Morgan fingerprint density at radius 2 is 2.05 bits per heavy atom. The third-order valence-corrected chi connectivity index (χ3v) is 5.74. The molecule has 22 heavy (non-hydrogen) atoms. The van der Waals surface area contributed by atoms with Gasteiger partial charge in [-0.1, -0.05) is 6.42 Å². The summed E-state index contributed by atoms with van der Waals surface area (Å²) in [5, 5.41) is 6.82. The topological polar surface area (TPSA) is 81.1 Å². The van der Waals surface area contributed by atoms with Crippen LogP contribution in [-0.2, 0) is 15.4 Å². The highest BCUT2D eigenvalue weighted by molar-refractivity contribution is 7.91. The summed E-state index contributed by atoms with van der Waals surface area (Å²) in [5.74, 6) is -0.186. The number of carbonyl (C=O) groups is 1. The van der Waals surface area contributed by atoms with E-state index in [0.717, 1.165) is 12.8 Å². The van der Waals surface area contributed by atoms with Crippen molar-refractivity contribution in [1.82, 2.24) is 15.1 Å². The summed E-state index contributed by atoms with van der Waals surface area (Å²) in [7, 11) is -3.04. The second kappa shape index (κ2) is 6.02. The molecule has 1 aliphatic carbocycles. The normalized spacial score (nSPS) is 23.3. The van der Waals surface area contributed by atoms with E-state index in [2.05, 4.69) is 10.4 Å². The number of nitrogens with zero attached hydrogens (tertiary/aromatic N) is 2. The van der Waals surface area contributed by atoms with Crippen LogP contribution in [0.25, 0.3) is 0 Å². The first-order valence-electron chi connectivity index (χ1n) is 7.62. The van der Waals surface area contributed by atoms with E-state index in [1.165, 1.54) is 6.26 Å². The molecule has 124 valence electrons. The lowest BCUT2D eigenvalue weighted by atomic mass is 9.95. The van der Waals surface area contributed by atoms with Gasteiger partial charge in [0, 0.05) is 18.5 Å². The number of rotatable bonds is 3. The molecule has 6 nitrogen and oxygen atoms in total. The van der Waals surface area contributed by atoms with Gasteiger partial charge in [-0.05, 0) is 40.0 Å². The number of nitrogens with one attached hydrogen (secondary N) is 1. The predicted molar refractivity (Wildman–Crippen MR) is 85.6 cm³/mol. The monoisotopic (exact) mass is 327 g/mol. The molecule has 1 saturated carbocycles. The summed E-state index contributed by atoms with van der Waals surface area (Å²) < 4.78 is 25.1. The molecule has 7 heteroatoms. The first-order chi connectivity index (χ1) is 10.1. The molecule has 2 atom stereocenters. The Hall–Kier alpha value is -1.37. The van der Waals surface area contributed by atoms with E-state index in [0.29, 0.717) is 18.4 Å². The Morgan fingerprint density at radius 3 is 2.59 bits per heavy atom. The van der Waals surface area contributed by atoms with Crippen LogP contribution in [0.1, 0.15) is 56.8 Å². The van der Waals surface area contributed by atoms with Crippen LogP contribution in [0.2, 0.25) is 0 Å². The SMILES string of the molecule is CC(C)(C)n1cc(C(=O)N[C@H]2CCC[C@H](S(C)(=O)=O)C2)cn1. The molecule has 2 rings (SSSR count). The van der Waals surface area contributed by atoms with Crippen molar-refractivity contribution in [1.29, 1.82) is 0 Å². The number of hydrogen-bond donors (Lipinski definition) is 1. The second-order valence-corrected chi connectivity index (χ2v) is 9.46. The zero-order chi connectivity index (χ0) is 16.5. The zero-order valence-electron chi connectivity index (χ0n) is 13.7. The molecule has 0 aromatic carbocycles. The Kier molecular flexibility index (Phi) is 4.65. The maximum Gasteiger partial charge on any atom is 0.254 e. The highest BCUT2D eigenvalue weighted by Crippen LogP contribution is 2.24. The van der Waals surface area contributed by atoms with Crippen molar-refractivity contribution in [2.45, 2.75) is 63.3 Å². The van der Waals surface area contributed by atoms with Crippen molar-refractivity contribution < 1.29 is 13.2 Å². The minimum absolute atomic E-state index is 0.0843. The Labute approximate surface area is 132 Å². The lowest BCUT2D eigenvalue weighted by Gasteiger charge is -2.28. The molecule has 1 fully saturated rings. The molecule has 0 radical (unpaired) electrons. The Morgan fingerprint density at radius 1 is 1.36 bits per heavy atom. The zero-order valence-corrected chi connectivity index (χ0v) is 14.5. The Balaban J connectivity index is 2.01. The lowest BCUT2D eigenvalue weighted by molar-refractivity contribution is 0.0927. The van der Waals surface area contributed by atoms with Gasteiger partial charge in [0.15, 0.2) is 0 Å². The van der Waals surface area contributed by atoms with Crippen LogP contribution < -0.4 is 5.32 Å². The largest absolute Gasteiger partial charge is 0.349 e. The number of sulfone groups is 1. The molecule has 0 aliphatic heterocycles. The third kappa shape index (κ3) is 4.09. The first-order valence-corrected chi connectivity index (χ1v) is 9.57. The van der Waals surface area contributed by atoms with Gasteiger partial charge in [0.05, 0.1) is 22.5 Å². The highest BCUT2D eigenvalue weighted by atomic mass is 32.2. The maximum absolute atomic E-state index is 12.3. The molecule has 1 amide bonds. The molecular weight excluding hydrogens is 302 g/mol. The summed E-state index contributed by atoms with van der Waals surface area (Å²) in [6.45, 7) is 6.04. The van der Waals surface area contributed by atoms with Crippen LogP contribution in [0.4, 0.5) is 0 Å². The van der Waals surface area contributed by atoms with E-state index < -0.39 is 9.84 Å². The van der Waals surface area contributed by atoms with Gasteiger partial charge in [-0.3, -0.25) is 9.48 Å². The van der Waals surface area contributed by atoms with E-state index in [4.69, 9.17) is 0 Å². The summed E-state index contributed by atoms with van der Waals surface area (Å²) in [6.07, 6.45) is 7.39. The van der Waals surface area contributed by atoms with Gasteiger partial charge in [-0.2, -0.15) is 5.10 Å². The number of carbonyl (C=O) groups excluding carboxylic acids is 1. The van der Waals surface area contributed by atoms with Gasteiger partial charge < -0.3 is 5.32 Å². The van der Waals surface area contributed by atoms with E-state index in [9.17, 15) is 13.2 Å². The second-order valence-electron chi connectivity index (χ2n) is 7.13. The molecule has 1 aromatic heterocycles. The fourth-order valence-corrected chi connectivity index (χ4v) is 3.92. The minimum Gasteiger partial charge on any atom is -0.349 e. The van der Waals surface area contributed by atoms with Crippen molar-refractivity contribution in [3.63, 3.8) is 0 Å². The van der Waals surface area contributed by atoms with Crippen LogP contribution >= 0.6 is 0 Å². The van der Waals surface area contributed by atoms with Crippen molar-refractivity contribution >= 4 is 15.7 Å². The molecule has 1 N–H and O–H groups in total. The molecule has 1 aromatic rings. The first kappa shape index (κ1) is 17.0. The van der Waals surface area contributed by atoms with Gasteiger partial charge in [0.25, 0.3) is 5.91 Å². The summed E-state index contributed by atoms with van der Waals surface area (Å²) >= 11 is 0. The average Bonchev–Trinajstić information content (AvgIpc) is 2.87. The highest BCUT2D eigenvalue weighted by Gasteiger charge is 2.30. The molecular formula is C15H25N3O3S. The summed E-state index contributed by atoms with van der Waals surface area (Å²) in [5.41, 5.74) is 0.335. The molecule has 1 aliphatic rings. The lowest BCUT2D eigenvalue weighted by Crippen LogP contribution is -2.41. The Bertz CT molecular complexity index is 643. The quantitative estimate of drug-likeness (QED) is 0.916. The van der Waals surface area contributed by atoms with E-state index in [-0.39, 0.29) is 22.7 Å². The summed E-state index contributed by atoms with van der Waals surface area (Å²) in [4.78, 5) is 12.3. The van der Waals surface area contributed by atoms with Gasteiger partial charge in [0.1, 0.15) is 9.84 Å². The number of aromatic nitrogens is 2. The van der Waals surface area contributed by atoms with Crippen LogP contribution in [0.15, 0.2) is 12.4 Å². The smallest absolute Gasteiger partial charge is 0.254 e. The molecule has 0 unspecified atom stereocenters. The molecule has 0 spiro atoms. The van der Waals surface area contributed by atoms with Crippen LogP contribution in [0, 0.1) is 0 Å². The van der Waals surface area contributed by atoms with Crippen molar-refractivity contribution in [2.24, 2.45) is 0 Å². The van der Waals surface area contributed by atoms with Gasteiger partial charge in [0.2, 0.25) is 0 Å². The van der Waals surface area contributed by atoms with Gasteiger partial charge in [-0.25, -0.2) is 8.42 Å². The standard InChI is InChI=1S/C15H25N3O3S/c1-15(2,3)18-10-11(9-16-18)14(19)17-12-6-5-7-13(8-12)22(4,20)21/h9-10,12-13H,5-8H2,1-4H3,(H,17,19)/t12-,13-/m0/s1. The minimum atomic E-state index is -3.04. The van der Waals surface area contributed by atoms with Crippen LogP contribution in [0.5, 0.6) is 0 Å². The number of hydrogen-bond acceptors (Lipinski definition) is 4. The van der Waals surface area contributed by atoms with E-state index in [1.54, 1.807) is 17.1 Å². The molecule has 0 bridgehead atoms. The fourth-order valence-electron chi connectivity index (χ4n) is 2.74. The molecule has 0 saturated heterocycles. The van der Waals surface area contributed by atoms with Gasteiger partial charge in [-0.15, -0.1) is 0 Å². The van der Waals surface area contributed by atoms with Crippen LogP contribution in [0.3, 0.4) is 0 Å². The average molecular weight is 327 g/mol. The van der Waals surface area contributed by atoms with Gasteiger partial charge >= 0.3 is 0 Å². The van der Waals surface area contributed by atoms with Crippen molar-refractivity contribution in [2.75, 3.05) is 6.26 Å². The van der Waals surface area contributed by atoms with E-state index in [1.807, 2.05) is 20.8 Å². The molecule has 1 heterocycles. The van der Waals surface area contributed by atoms with Crippen molar-refractivity contribution in [3.8, 4) is 0 Å². The summed E-state index contributed by atoms with van der Waals surface area (Å²) in [6, 6.07) is -0.0843. The predicted octanol–water partition coefficient (Wildman–Crippen LogP) is 1.72. The van der Waals surface area contributed by atoms with Crippen LogP contribution in [-0.4, -0.2) is 41.7 Å². The fraction of sp³-hybridized carbons (Fsp3) is 0.733. The van der Waals surface area contributed by atoms with Crippen molar-refractivity contribution in [3.05, 3.63) is 18.0 Å². The third-order valence-electron chi connectivity index (χ3n) is 4.10. The number of amides is 1. The maximum atomic E-state index is 12.3.